The lowest BCUT2D eigenvalue weighted by Crippen LogP contribution is -2.22. The molecule has 0 bridgehead atoms. The highest BCUT2D eigenvalue weighted by Crippen LogP contribution is 2.25. The number of carbonyl (C=O) groups is 1. The lowest BCUT2D eigenvalue weighted by molar-refractivity contribution is 0.102. The zero-order valence-corrected chi connectivity index (χ0v) is 17.4. The minimum absolute atomic E-state index is 0.153. The molecule has 0 saturated carbocycles. The van der Waals surface area contributed by atoms with Gasteiger partial charge in [0.25, 0.3) is 5.91 Å². The van der Waals surface area contributed by atoms with Gasteiger partial charge in [-0.25, -0.2) is 17.7 Å². The predicted octanol–water partition coefficient (Wildman–Crippen LogP) is 3.27. The van der Waals surface area contributed by atoms with Crippen LogP contribution < -0.4 is 5.32 Å². The summed E-state index contributed by atoms with van der Waals surface area (Å²) in [6.45, 7) is 0.986. The highest BCUT2D eigenvalue weighted by Gasteiger charge is 2.18. The number of fused-ring (bicyclic) bond motifs is 3. The quantitative estimate of drug-likeness (QED) is 0.713. The maximum absolute atomic E-state index is 12.6. The highest BCUT2D eigenvalue weighted by molar-refractivity contribution is 7.89. The molecule has 1 aliphatic heterocycles. The Hall–Kier alpha value is -2.71. The number of sulfonamides is 1. The fraction of sp³-hybridized carbons (Fsp3) is 0.333. The first kappa shape index (κ1) is 19.6. The molecule has 2 heterocycles. The summed E-state index contributed by atoms with van der Waals surface area (Å²) in [5.74, 6) is 0.817. The Morgan fingerprint density at radius 1 is 1.07 bits per heavy atom. The molecule has 1 N–H and O–H groups in total. The van der Waals surface area contributed by atoms with Gasteiger partial charge in [-0.05, 0) is 55.3 Å². The SMILES string of the molecule is CN(C)S(=O)(=O)c1ccc(C(=O)Nc2ccc3c(c2)nc2n3CCCCC2)cc1. The van der Waals surface area contributed by atoms with Crippen molar-refractivity contribution in [3.05, 3.63) is 53.9 Å². The molecule has 0 saturated heterocycles. The summed E-state index contributed by atoms with van der Waals surface area (Å²) in [5.41, 5.74) is 3.04. The largest absolute Gasteiger partial charge is 0.328 e. The molecule has 0 aliphatic carbocycles. The van der Waals surface area contributed by atoms with E-state index in [9.17, 15) is 13.2 Å². The van der Waals surface area contributed by atoms with Crippen molar-refractivity contribution in [1.82, 2.24) is 13.9 Å². The molecule has 7 nitrogen and oxygen atoms in total. The number of amides is 1. The van der Waals surface area contributed by atoms with Crippen LogP contribution in [0.25, 0.3) is 11.0 Å². The Kier molecular flexibility index (Phi) is 5.14. The van der Waals surface area contributed by atoms with Crippen LogP contribution in [0.4, 0.5) is 5.69 Å². The number of nitrogens with zero attached hydrogens (tertiary/aromatic N) is 3. The van der Waals surface area contributed by atoms with Crippen LogP contribution in [-0.2, 0) is 23.0 Å². The summed E-state index contributed by atoms with van der Waals surface area (Å²) >= 11 is 0. The van der Waals surface area contributed by atoms with Crippen molar-refractivity contribution in [3.63, 3.8) is 0 Å². The molecule has 3 aromatic rings. The molecule has 1 aliphatic rings. The van der Waals surface area contributed by atoms with Gasteiger partial charge in [0.05, 0.1) is 15.9 Å². The van der Waals surface area contributed by atoms with E-state index in [0.717, 1.165) is 47.0 Å². The van der Waals surface area contributed by atoms with Gasteiger partial charge < -0.3 is 9.88 Å². The van der Waals surface area contributed by atoms with E-state index in [1.54, 1.807) is 0 Å². The van der Waals surface area contributed by atoms with Crippen LogP contribution in [0.3, 0.4) is 0 Å². The third-order valence-electron chi connectivity index (χ3n) is 5.26. The number of benzene rings is 2. The van der Waals surface area contributed by atoms with E-state index in [1.165, 1.54) is 44.8 Å². The van der Waals surface area contributed by atoms with Crippen molar-refractivity contribution in [2.75, 3.05) is 19.4 Å². The normalized spacial score (nSPS) is 14.6. The average Bonchev–Trinajstić information content (AvgIpc) is 2.87. The standard InChI is InChI=1S/C21H24N4O3S/c1-24(2)29(27,28)17-10-7-15(8-11-17)21(26)22-16-9-12-19-18(14-16)23-20-6-4-3-5-13-25(19)20/h7-12,14H,3-6,13H2,1-2H3,(H,22,26). The summed E-state index contributed by atoms with van der Waals surface area (Å²) in [4.78, 5) is 17.5. The van der Waals surface area contributed by atoms with Gasteiger partial charge in [-0.1, -0.05) is 6.42 Å². The van der Waals surface area contributed by atoms with Crippen LogP contribution >= 0.6 is 0 Å². The molecule has 0 radical (unpaired) electrons. The topological polar surface area (TPSA) is 84.3 Å². The monoisotopic (exact) mass is 412 g/mol. The Bertz CT molecular complexity index is 1160. The molecule has 1 amide bonds. The van der Waals surface area contributed by atoms with Gasteiger partial charge in [0.15, 0.2) is 0 Å². The van der Waals surface area contributed by atoms with Crippen molar-refractivity contribution in [3.8, 4) is 0 Å². The van der Waals surface area contributed by atoms with Crippen molar-refractivity contribution >= 4 is 32.7 Å². The first-order valence-corrected chi connectivity index (χ1v) is 11.1. The number of nitrogens with one attached hydrogen (secondary N) is 1. The van der Waals surface area contributed by atoms with Gasteiger partial charge in [-0.15, -0.1) is 0 Å². The van der Waals surface area contributed by atoms with E-state index in [4.69, 9.17) is 4.98 Å². The fourth-order valence-electron chi connectivity index (χ4n) is 3.62. The van der Waals surface area contributed by atoms with E-state index in [0.29, 0.717) is 11.3 Å². The zero-order chi connectivity index (χ0) is 20.6. The number of hydrogen-bond donors (Lipinski definition) is 1. The van der Waals surface area contributed by atoms with Crippen molar-refractivity contribution in [2.24, 2.45) is 0 Å². The van der Waals surface area contributed by atoms with E-state index in [2.05, 4.69) is 9.88 Å². The molecule has 0 atom stereocenters. The minimum atomic E-state index is -3.52. The second-order valence-electron chi connectivity index (χ2n) is 7.46. The first-order chi connectivity index (χ1) is 13.9. The van der Waals surface area contributed by atoms with Crippen LogP contribution in [0.2, 0.25) is 0 Å². The van der Waals surface area contributed by atoms with Gasteiger partial charge in [0.2, 0.25) is 10.0 Å². The van der Waals surface area contributed by atoms with Gasteiger partial charge in [0, 0.05) is 38.3 Å². The van der Waals surface area contributed by atoms with Gasteiger partial charge in [-0.3, -0.25) is 4.79 Å². The highest BCUT2D eigenvalue weighted by atomic mass is 32.2. The Morgan fingerprint density at radius 3 is 2.55 bits per heavy atom. The lowest BCUT2D eigenvalue weighted by Gasteiger charge is -2.11. The number of imidazole rings is 1. The molecule has 8 heteroatoms. The van der Waals surface area contributed by atoms with Crippen LogP contribution in [-0.4, -0.2) is 42.3 Å². The van der Waals surface area contributed by atoms with Gasteiger partial charge in [0.1, 0.15) is 5.82 Å². The molecule has 0 spiro atoms. The Balaban J connectivity index is 1.54. The second kappa shape index (κ2) is 7.61. The van der Waals surface area contributed by atoms with E-state index in [-0.39, 0.29) is 10.8 Å². The predicted molar refractivity (Wildman–Crippen MR) is 113 cm³/mol. The smallest absolute Gasteiger partial charge is 0.255 e. The van der Waals surface area contributed by atoms with E-state index in [1.807, 2.05) is 18.2 Å². The number of hydrogen-bond acceptors (Lipinski definition) is 4. The maximum atomic E-state index is 12.6. The molecule has 0 unspecified atom stereocenters. The van der Waals surface area contributed by atoms with Crippen LogP contribution in [0, 0.1) is 0 Å². The third kappa shape index (κ3) is 3.77. The van der Waals surface area contributed by atoms with Crippen molar-refractivity contribution < 1.29 is 13.2 Å². The van der Waals surface area contributed by atoms with Crippen molar-refractivity contribution in [2.45, 2.75) is 37.1 Å². The van der Waals surface area contributed by atoms with Crippen LogP contribution in [0.5, 0.6) is 0 Å². The number of aryl methyl sites for hydroxylation is 2. The average molecular weight is 413 g/mol. The summed E-state index contributed by atoms with van der Waals surface area (Å²) in [6.07, 6.45) is 4.54. The maximum Gasteiger partial charge on any atom is 0.255 e. The molecule has 29 heavy (non-hydrogen) atoms. The number of carbonyl (C=O) groups excluding carboxylic acids is 1. The van der Waals surface area contributed by atoms with Crippen molar-refractivity contribution in [1.29, 1.82) is 0 Å². The Morgan fingerprint density at radius 2 is 1.83 bits per heavy atom. The molecular formula is C21H24N4O3S. The zero-order valence-electron chi connectivity index (χ0n) is 16.6. The Labute approximate surface area is 170 Å². The number of anilines is 1. The molecule has 2 aromatic carbocycles. The number of rotatable bonds is 4. The fourth-order valence-corrected chi connectivity index (χ4v) is 4.52. The lowest BCUT2D eigenvalue weighted by atomic mass is 10.2. The molecular weight excluding hydrogens is 388 g/mol. The molecule has 152 valence electrons. The second-order valence-corrected chi connectivity index (χ2v) is 9.61. The van der Waals surface area contributed by atoms with Crippen LogP contribution in [0.1, 0.15) is 35.4 Å². The summed E-state index contributed by atoms with van der Waals surface area (Å²) in [6, 6.07) is 11.7. The summed E-state index contributed by atoms with van der Waals surface area (Å²) < 4.78 is 27.7. The van der Waals surface area contributed by atoms with Gasteiger partial charge in [-0.2, -0.15) is 0 Å². The van der Waals surface area contributed by atoms with E-state index < -0.39 is 10.0 Å². The van der Waals surface area contributed by atoms with Crippen LogP contribution in [0.15, 0.2) is 47.4 Å². The number of aromatic nitrogens is 2. The molecule has 4 rings (SSSR count). The minimum Gasteiger partial charge on any atom is -0.328 e. The summed E-state index contributed by atoms with van der Waals surface area (Å²) in [5, 5.41) is 2.88. The molecule has 1 aromatic heterocycles. The summed E-state index contributed by atoms with van der Waals surface area (Å²) in [7, 11) is -0.568. The molecule has 0 fully saturated rings. The van der Waals surface area contributed by atoms with Gasteiger partial charge >= 0.3 is 0 Å². The first-order valence-electron chi connectivity index (χ1n) is 9.69. The third-order valence-corrected chi connectivity index (χ3v) is 7.09. The van der Waals surface area contributed by atoms with E-state index >= 15 is 0 Å².